The Bertz CT molecular complexity index is 1020. The van der Waals surface area contributed by atoms with Crippen molar-refractivity contribution >= 4 is 5.97 Å². The molecule has 0 saturated carbocycles. The Labute approximate surface area is 165 Å². The van der Waals surface area contributed by atoms with Gasteiger partial charge in [-0.3, -0.25) is 4.98 Å². The van der Waals surface area contributed by atoms with Crippen LogP contribution in [-0.4, -0.2) is 22.5 Å². The van der Waals surface area contributed by atoms with E-state index in [0.29, 0.717) is 11.3 Å². The summed E-state index contributed by atoms with van der Waals surface area (Å²) in [5, 5.41) is 0. The van der Waals surface area contributed by atoms with Gasteiger partial charge in [0.15, 0.2) is 0 Å². The molecule has 2 aromatic heterocycles. The third kappa shape index (κ3) is 4.90. The van der Waals surface area contributed by atoms with Crippen LogP contribution in [-0.2, 0) is 10.9 Å². The maximum absolute atomic E-state index is 12.7. The normalized spacial score (nSPS) is 11.2. The number of nitrogens with zero attached hydrogens (tertiary/aromatic N) is 2. The van der Waals surface area contributed by atoms with Gasteiger partial charge >= 0.3 is 12.1 Å². The van der Waals surface area contributed by atoms with E-state index in [-0.39, 0.29) is 23.8 Å². The average Bonchev–Trinajstić information content (AvgIpc) is 2.68. The highest BCUT2D eigenvalue weighted by atomic mass is 19.4. The number of aryl methyl sites for hydroxylation is 1. The second kappa shape index (κ2) is 8.30. The fourth-order valence-corrected chi connectivity index (χ4v) is 2.55. The van der Waals surface area contributed by atoms with E-state index < -0.39 is 17.7 Å². The van der Waals surface area contributed by atoms with Gasteiger partial charge in [-0.25, -0.2) is 9.78 Å². The molecule has 8 heteroatoms. The molecule has 0 unspecified atom stereocenters. The van der Waals surface area contributed by atoms with Crippen LogP contribution < -0.4 is 4.74 Å². The monoisotopic (exact) mass is 402 g/mol. The molecular formula is C21H17F3N2O3. The highest BCUT2D eigenvalue weighted by Gasteiger charge is 2.30. The summed E-state index contributed by atoms with van der Waals surface area (Å²) in [6.45, 7) is 3.78. The minimum Gasteiger partial charge on any atom is -0.462 e. The molecule has 2 heterocycles. The summed E-state index contributed by atoms with van der Waals surface area (Å²) in [6, 6.07) is 9.38. The van der Waals surface area contributed by atoms with E-state index in [4.69, 9.17) is 9.47 Å². The lowest BCUT2D eigenvalue weighted by Crippen LogP contribution is -2.06. The lowest BCUT2D eigenvalue weighted by Gasteiger charge is -2.12. The van der Waals surface area contributed by atoms with E-state index in [0.717, 1.165) is 17.7 Å². The lowest BCUT2D eigenvalue weighted by atomic mass is 10.1. The Morgan fingerprint density at radius 1 is 1.07 bits per heavy atom. The van der Waals surface area contributed by atoms with Gasteiger partial charge in [0.1, 0.15) is 5.75 Å². The Balaban J connectivity index is 2.00. The minimum atomic E-state index is -4.44. The third-order valence-electron chi connectivity index (χ3n) is 3.95. The second-order valence-corrected chi connectivity index (χ2v) is 6.14. The number of aromatic nitrogens is 2. The van der Waals surface area contributed by atoms with E-state index in [1.807, 2.05) is 13.0 Å². The van der Waals surface area contributed by atoms with Gasteiger partial charge in [0, 0.05) is 12.4 Å². The van der Waals surface area contributed by atoms with E-state index in [2.05, 4.69) is 9.97 Å². The second-order valence-electron chi connectivity index (χ2n) is 6.14. The van der Waals surface area contributed by atoms with Crippen molar-refractivity contribution in [3.8, 4) is 22.9 Å². The van der Waals surface area contributed by atoms with Gasteiger partial charge in [-0.05, 0) is 61.9 Å². The van der Waals surface area contributed by atoms with Crippen LogP contribution in [0, 0.1) is 6.92 Å². The van der Waals surface area contributed by atoms with Crippen LogP contribution in [0.25, 0.3) is 11.3 Å². The van der Waals surface area contributed by atoms with Crippen LogP contribution >= 0.6 is 0 Å². The van der Waals surface area contributed by atoms with Crippen molar-refractivity contribution in [2.24, 2.45) is 0 Å². The Hall–Kier alpha value is -3.42. The van der Waals surface area contributed by atoms with Crippen molar-refractivity contribution in [2.75, 3.05) is 6.61 Å². The summed E-state index contributed by atoms with van der Waals surface area (Å²) in [6.07, 6.45) is -1.55. The van der Waals surface area contributed by atoms with Crippen LogP contribution in [0.1, 0.15) is 28.4 Å². The molecular weight excluding hydrogens is 385 g/mol. The fourth-order valence-electron chi connectivity index (χ4n) is 2.55. The largest absolute Gasteiger partial charge is 0.462 e. The Morgan fingerprint density at radius 3 is 2.41 bits per heavy atom. The van der Waals surface area contributed by atoms with Gasteiger partial charge in [0.05, 0.1) is 29.0 Å². The van der Waals surface area contributed by atoms with E-state index in [1.165, 1.54) is 24.4 Å². The molecule has 3 rings (SSSR count). The van der Waals surface area contributed by atoms with Crippen LogP contribution in [0.3, 0.4) is 0 Å². The number of carbonyl (C=O) groups is 1. The van der Waals surface area contributed by atoms with Gasteiger partial charge in [-0.1, -0.05) is 0 Å². The maximum Gasteiger partial charge on any atom is 0.416 e. The van der Waals surface area contributed by atoms with Crippen LogP contribution in [0.5, 0.6) is 11.6 Å². The third-order valence-corrected chi connectivity index (χ3v) is 3.95. The minimum absolute atomic E-state index is 0.107. The van der Waals surface area contributed by atoms with Crippen LogP contribution in [0.2, 0.25) is 0 Å². The van der Waals surface area contributed by atoms with Gasteiger partial charge in [-0.15, -0.1) is 0 Å². The topological polar surface area (TPSA) is 61.3 Å². The Kier molecular flexibility index (Phi) is 5.81. The number of hydrogen-bond acceptors (Lipinski definition) is 5. The van der Waals surface area contributed by atoms with Gasteiger partial charge < -0.3 is 9.47 Å². The number of esters is 1. The molecule has 0 saturated heterocycles. The maximum atomic E-state index is 12.7. The van der Waals surface area contributed by atoms with Gasteiger partial charge in [-0.2, -0.15) is 13.2 Å². The smallest absolute Gasteiger partial charge is 0.416 e. The molecule has 5 nitrogen and oxygen atoms in total. The molecule has 0 fully saturated rings. The number of pyridine rings is 2. The number of benzene rings is 1. The summed E-state index contributed by atoms with van der Waals surface area (Å²) in [4.78, 5) is 20.5. The van der Waals surface area contributed by atoms with Crippen molar-refractivity contribution in [1.29, 1.82) is 0 Å². The van der Waals surface area contributed by atoms with Crippen LogP contribution in [0.4, 0.5) is 13.2 Å². The molecule has 0 spiro atoms. The van der Waals surface area contributed by atoms with Crippen LogP contribution in [0.15, 0.2) is 54.9 Å². The zero-order valence-electron chi connectivity index (χ0n) is 15.7. The number of halogens is 3. The van der Waals surface area contributed by atoms with Gasteiger partial charge in [0.25, 0.3) is 0 Å². The molecule has 0 radical (unpaired) electrons. The highest BCUT2D eigenvalue weighted by molar-refractivity contribution is 5.91. The van der Waals surface area contributed by atoms with Gasteiger partial charge in [0.2, 0.25) is 5.88 Å². The van der Waals surface area contributed by atoms with Crippen molar-refractivity contribution < 1.29 is 27.4 Å². The summed E-state index contributed by atoms with van der Waals surface area (Å²) in [5.74, 6) is -0.269. The van der Waals surface area contributed by atoms with E-state index in [1.54, 1.807) is 19.2 Å². The molecule has 0 amide bonds. The fraction of sp³-hybridized carbons (Fsp3) is 0.190. The molecule has 150 valence electrons. The first kappa shape index (κ1) is 20.3. The molecule has 0 N–H and O–H groups in total. The average molecular weight is 402 g/mol. The molecule has 29 heavy (non-hydrogen) atoms. The van der Waals surface area contributed by atoms with E-state index >= 15 is 0 Å². The zero-order valence-corrected chi connectivity index (χ0v) is 15.7. The predicted octanol–water partition coefficient (Wildman–Crippen LogP) is 5.44. The predicted molar refractivity (Wildman–Crippen MR) is 99.7 cm³/mol. The van der Waals surface area contributed by atoms with Crippen molar-refractivity contribution in [3.05, 3.63) is 71.5 Å². The molecule has 0 bridgehead atoms. The molecule has 0 aliphatic carbocycles. The summed E-state index contributed by atoms with van der Waals surface area (Å²) in [7, 11) is 0. The summed E-state index contributed by atoms with van der Waals surface area (Å²) >= 11 is 0. The molecule has 0 aliphatic rings. The molecule has 1 aromatic carbocycles. The quantitative estimate of drug-likeness (QED) is 0.532. The Morgan fingerprint density at radius 2 is 1.79 bits per heavy atom. The SMILES string of the molecule is CCOC(=O)c1cnc(Oc2ccc(C(F)(F)F)cc2)c(-c2cc(C)ccn2)c1. The number of rotatable bonds is 5. The number of carbonyl (C=O) groups excluding carboxylic acids is 1. The number of ether oxygens (including phenoxy) is 2. The first-order chi connectivity index (χ1) is 13.8. The standard InChI is InChI=1S/C21H17F3N2O3/c1-3-28-20(27)14-11-17(18-10-13(2)8-9-25-18)19(26-12-14)29-16-6-4-15(5-7-16)21(22,23)24/h4-12H,3H2,1-2H3. The first-order valence-electron chi connectivity index (χ1n) is 8.73. The molecule has 0 aliphatic heterocycles. The molecule has 3 aromatic rings. The highest BCUT2D eigenvalue weighted by Crippen LogP contribution is 2.34. The summed E-state index contributed by atoms with van der Waals surface area (Å²) < 4.78 is 48.9. The van der Waals surface area contributed by atoms with Crippen molar-refractivity contribution in [1.82, 2.24) is 9.97 Å². The molecule has 0 atom stereocenters. The lowest BCUT2D eigenvalue weighted by molar-refractivity contribution is -0.137. The number of hydrogen-bond donors (Lipinski definition) is 0. The van der Waals surface area contributed by atoms with E-state index in [9.17, 15) is 18.0 Å². The summed E-state index contributed by atoms with van der Waals surface area (Å²) in [5.41, 5.74) is 1.28. The zero-order chi connectivity index (χ0) is 21.0. The van der Waals surface area contributed by atoms with Crippen molar-refractivity contribution in [2.45, 2.75) is 20.0 Å². The first-order valence-corrected chi connectivity index (χ1v) is 8.73. The number of alkyl halides is 3. The van der Waals surface area contributed by atoms with Crippen molar-refractivity contribution in [3.63, 3.8) is 0 Å².